The van der Waals surface area contributed by atoms with E-state index in [9.17, 15) is 23.1 Å². The number of aromatic nitrogens is 2. The van der Waals surface area contributed by atoms with Crippen molar-refractivity contribution in [3.8, 4) is 5.75 Å². The lowest BCUT2D eigenvalue weighted by molar-refractivity contribution is -0.113. The maximum absolute atomic E-state index is 13.3. The standard InChI is InChI=1S/C34H36N3O6S/c1-22-11-16-27(17-12-22)44(41,42)37-21-35-20-26(37)15-18-30(38)36-25-8-6-7-24(19-25)31(23-13-14-23)32-33(39)28-9-4-2-3-5-10-29(28)43-34(32)40/h6-8,11-12,16-21,23,31,39H,2-5,9-10,13-15H2,1H3,(H,36,38)/t31-/m0/s1. The Morgan fingerprint density at radius 2 is 1.86 bits per heavy atom. The minimum atomic E-state index is -3.86. The number of nitrogens with one attached hydrogen (secondary N) is 1. The molecule has 6 rings (SSSR count). The van der Waals surface area contributed by atoms with Crippen LogP contribution in [0.1, 0.15) is 78.2 Å². The summed E-state index contributed by atoms with van der Waals surface area (Å²) in [5, 5.41) is 14.3. The van der Waals surface area contributed by atoms with E-state index < -0.39 is 21.6 Å². The first-order chi connectivity index (χ1) is 21.2. The monoisotopic (exact) mass is 614 g/mol. The van der Waals surface area contributed by atoms with Crippen molar-refractivity contribution in [1.29, 1.82) is 0 Å². The number of hydrogen-bond donors (Lipinski definition) is 2. The van der Waals surface area contributed by atoms with Crippen LogP contribution in [-0.4, -0.2) is 28.4 Å². The van der Waals surface area contributed by atoms with E-state index in [1.165, 1.54) is 18.9 Å². The van der Waals surface area contributed by atoms with E-state index in [1.54, 1.807) is 30.3 Å². The number of benzene rings is 2. The Balaban J connectivity index is 1.19. The summed E-state index contributed by atoms with van der Waals surface area (Å²) in [6.07, 6.45) is 11.3. The summed E-state index contributed by atoms with van der Waals surface area (Å²) in [5.74, 6) is 0.118. The van der Waals surface area contributed by atoms with E-state index in [1.807, 2.05) is 25.1 Å². The molecular formula is C34H36N3O6S. The Morgan fingerprint density at radius 1 is 1.11 bits per heavy atom. The minimum absolute atomic E-state index is 0.0470. The number of aromatic hydroxyl groups is 1. The fraction of sp³-hybridized carbons (Fsp3) is 0.353. The lowest BCUT2D eigenvalue weighted by Gasteiger charge is -2.22. The molecule has 0 spiro atoms. The van der Waals surface area contributed by atoms with E-state index in [0.29, 0.717) is 35.5 Å². The number of carbonyl (C=O) groups is 1. The summed E-state index contributed by atoms with van der Waals surface area (Å²) < 4.78 is 33.2. The van der Waals surface area contributed by atoms with Crippen LogP contribution >= 0.6 is 0 Å². The highest BCUT2D eigenvalue weighted by molar-refractivity contribution is 7.90. The van der Waals surface area contributed by atoms with Crippen molar-refractivity contribution in [3.05, 3.63) is 112 Å². The summed E-state index contributed by atoms with van der Waals surface area (Å²) in [5.41, 5.74) is 3.23. The molecule has 2 aliphatic rings. The molecule has 1 fully saturated rings. The van der Waals surface area contributed by atoms with Gasteiger partial charge in [-0.05, 0) is 74.8 Å². The largest absolute Gasteiger partial charge is 0.507 e. The zero-order valence-corrected chi connectivity index (χ0v) is 25.5. The molecular weight excluding hydrogens is 578 g/mol. The topological polar surface area (TPSA) is 132 Å². The molecule has 1 atom stereocenters. The van der Waals surface area contributed by atoms with Gasteiger partial charge in [0.05, 0.1) is 22.6 Å². The van der Waals surface area contributed by atoms with Gasteiger partial charge in [0, 0.05) is 36.2 Å². The zero-order chi connectivity index (χ0) is 30.8. The molecule has 1 radical (unpaired) electrons. The fourth-order valence-electron chi connectivity index (χ4n) is 6.09. The first-order valence-corrected chi connectivity index (χ1v) is 16.6. The van der Waals surface area contributed by atoms with Gasteiger partial charge >= 0.3 is 5.63 Å². The van der Waals surface area contributed by atoms with Crippen LogP contribution in [0, 0.1) is 19.3 Å². The van der Waals surface area contributed by atoms with Gasteiger partial charge in [-0.2, -0.15) is 0 Å². The van der Waals surface area contributed by atoms with Crippen molar-refractivity contribution in [2.24, 2.45) is 5.92 Å². The molecule has 1 saturated carbocycles. The first kappa shape index (κ1) is 29.9. The number of hydrogen-bond acceptors (Lipinski definition) is 7. The molecule has 2 heterocycles. The molecule has 10 heteroatoms. The van der Waals surface area contributed by atoms with Gasteiger partial charge in [-0.1, -0.05) is 42.7 Å². The lowest BCUT2D eigenvalue weighted by Crippen LogP contribution is -2.20. The van der Waals surface area contributed by atoms with Crippen LogP contribution in [0.2, 0.25) is 0 Å². The summed E-state index contributed by atoms with van der Waals surface area (Å²) >= 11 is 0. The quantitative estimate of drug-likeness (QED) is 0.248. The van der Waals surface area contributed by atoms with Crippen molar-refractivity contribution < 1.29 is 22.7 Å². The molecule has 2 aromatic heterocycles. The van der Waals surface area contributed by atoms with Crippen LogP contribution in [0.3, 0.4) is 0 Å². The molecule has 0 aliphatic heterocycles. The lowest BCUT2D eigenvalue weighted by atomic mass is 9.85. The third kappa shape index (κ3) is 6.22. The van der Waals surface area contributed by atoms with Gasteiger partial charge in [-0.3, -0.25) is 4.79 Å². The van der Waals surface area contributed by atoms with E-state index in [4.69, 9.17) is 4.42 Å². The Bertz CT molecular complexity index is 1840. The summed E-state index contributed by atoms with van der Waals surface area (Å²) in [7, 11) is -3.86. The maximum Gasteiger partial charge on any atom is 0.343 e. The fourth-order valence-corrected chi connectivity index (χ4v) is 7.41. The highest BCUT2D eigenvalue weighted by Gasteiger charge is 2.38. The van der Waals surface area contributed by atoms with Gasteiger partial charge < -0.3 is 14.8 Å². The molecule has 2 aromatic carbocycles. The second-order valence-electron chi connectivity index (χ2n) is 11.8. The van der Waals surface area contributed by atoms with Gasteiger partial charge in [-0.25, -0.2) is 22.2 Å². The summed E-state index contributed by atoms with van der Waals surface area (Å²) in [6, 6.07) is 13.9. The molecule has 44 heavy (non-hydrogen) atoms. The predicted octanol–water partition coefficient (Wildman–Crippen LogP) is 5.67. The van der Waals surface area contributed by atoms with Crippen molar-refractivity contribution in [2.45, 2.75) is 75.5 Å². The van der Waals surface area contributed by atoms with Crippen molar-refractivity contribution >= 4 is 21.6 Å². The average Bonchev–Trinajstić information content (AvgIpc) is 3.70. The molecule has 9 nitrogen and oxygen atoms in total. The predicted molar refractivity (Wildman–Crippen MR) is 166 cm³/mol. The third-order valence-corrected chi connectivity index (χ3v) is 10.3. The van der Waals surface area contributed by atoms with Crippen molar-refractivity contribution in [3.63, 3.8) is 0 Å². The number of aryl methyl sites for hydroxylation is 2. The van der Waals surface area contributed by atoms with Gasteiger partial charge in [0.25, 0.3) is 10.0 Å². The van der Waals surface area contributed by atoms with Crippen molar-refractivity contribution in [1.82, 2.24) is 8.96 Å². The molecule has 1 amide bonds. The number of rotatable bonds is 9. The Kier molecular flexibility index (Phi) is 8.44. The first-order valence-electron chi connectivity index (χ1n) is 15.2. The highest BCUT2D eigenvalue weighted by Crippen LogP contribution is 2.49. The second-order valence-corrected chi connectivity index (χ2v) is 13.6. The number of imidazole rings is 1. The van der Waals surface area contributed by atoms with Gasteiger partial charge in [-0.15, -0.1) is 0 Å². The van der Waals surface area contributed by atoms with Crippen LogP contribution < -0.4 is 10.9 Å². The van der Waals surface area contributed by atoms with Gasteiger partial charge in [0.15, 0.2) is 0 Å². The molecule has 0 bridgehead atoms. The Labute approximate surface area is 257 Å². The molecule has 0 saturated heterocycles. The number of anilines is 1. The Morgan fingerprint density at radius 3 is 2.61 bits per heavy atom. The zero-order valence-electron chi connectivity index (χ0n) is 24.7. The van der Waals surface area contributed by atoms with Crippen LogP contribution in [-0.2, 0) is 34.1 Å². The third-order valence-electron chi connectivity index (χ3n) is 8.56. The minimum Gasteiger partial charge on any atom is -0.507 e. The average molecular weight is 615 g/mol. The number of nitrogens with zero attached hydrogens (tertiary/aromatic N) is 2. The van der Waals surface area contributed by atoms with E-state index in [-0.39, 0.29) is 28.9 Å². The van der Waals surface area contributed by atoms with E-state index >= 15 is 0 Å². The highest BCUT2D eigenvalue weighted by atomic mass is 32.2. The number of amides is 1. The molecule has 2 aliphatic carbocycles. The SMILES string of the molecule is Cc1ccc(S(=O)(=O)n2cncc2C[CH]C(=O)Nc2cccc([C@@H](c3c(O)c4c(oc3=O)CCCCCC4)C3CC3)c2)cc1. The van der Waals surface area contributed by atoms with E-state index in [0.717, 1.165) is 59.2 Å². The Hall–Kier alpha value is -4.18. The smallest absolute Gasteiger partial charge is 0.343 e. The van der Waals surface area contributed by atoms with Gasteiger partial charge in [0.1, 0.15) is 17.8 Å². The van der Waals surface area contributed by atoms with Crippen LogP contribution in [0.15, 0.2) is 75.2 Å². The number of carbonyl (C=O) groups excluding carboxylic acids is 1. The van der Waals surface area contributed by atoms with Gasteiger partial charge in [0.2, 0.25) is 5.91 Å². The molecule has 0 unspecified atom stereocenters. The normalized spacial score (nSPS) is 16.0. The summed E-state index contributed by atoms with van der Waals surface area (Å²) in [4.78, 5) is 30.4. The van der Waals surface area contributed by atoms with Crippen LogP contribution in [0.5, 0.6) is 5.75 Å². The molecule has 4 aromatic rings. The maximum atomic E-state index is 13.3. The molecule has 2 N–H and O–H groups in total. The number of fused-ring (bicyclic) bond motifs is 1. The summed E-state index contributed by atoms with van der Waals surface area (Å²) in [6.45, 7) is 1.88. The van der Waals surface area contributed by atoms with Crippen LogP contribution in [0.4, 0.5) is 5.69 Å². The van der Waals surface area contributed by atoms with Crippen molar-refractivity contribution in [2.75, 3.05) is 5.32 Å². The molecule has 229 valence electrons. The van der Waals surface area contributed by atoms with E-state index in [2.05, 4.69) is 10.3 Å². The second kappa shape index (κ2) is 12.4. The van der Waals surface area contributed by atoms with Crippen LogP contribution in [0.25, 0.3) is 0 Å².